The van der Waals surface area contributed by atoms with Gasteiger partial charge >= 0.3 is 0 Å². The number of fused-ring (bicyclic) bond motifs is 8. The van der Waals surface area contributed by atoms with Crippen LogP contribution in [0.1, 0.15) is 158 Å². The van der Waals surface area contributed by atoms with Crippen molar-refractivity contribution in [2.45, 2.75) is 131 Å². The first-order chi connectivity index (χ1) is 27.8. The third-order valence-electron chi connectivity index (χ3n) is 12.3. The van der Waals surface area contributed by atoms with Gasteiger partial charge < -0.3 is 18.9 Å². The Kier molecular flexibility index (Phi) is 14.9. The summed E-state index contributed by atoms with van der Waals surface area (Å²) < 4.78 is 24.5. The van der Waals surface area contributed by atoms with Crippen molar-refractivity contribution < 1.29 is 18.9 Å². The maximum atomic E-state index is 6.14. The lowest BCUT2D eigenvalue weighted by molar-refractivity contribution is 0.150. The molecule has 4 aromatic rings. The molecule has 0 N–H and O–H groups in total. The second-order valence-electron chi connectivity index (χ2n) is 18.5. The van der Waals surface area contributed by atoms with Gasteiger partial charge in [0.1, 0.15) is 0 Å². The van der Waals surface area contributed by atoms with Gasteiger partial charge in [-0.3, -0.25) is 0 Å². The Hall–Kier alpha value is -3.54. The summed E-state index contributed by atoms with van der Waals surface area (Å²) in [6.07, 6.45) is 11.8. The van der Waals surface area contributed by atoms with Gasteiger partial charge in [0.2, 0.25) is 0 Å². The summed E-state index contributed by atoms with van der Waals surface area (Å²) in [5.41, 5.74) is 22.5. The second kappa shape index (κ2) is 19.7. The summed E-state index contributed by atoms with van der Waals surface area (Å²) in [7, 11) is 0. The average molecular weight is 785 g/mol. The van der Waals surface area contributed by atoms with E-state index in [1.54, 1.807) is 0 Å². The first-order valence-electron chi connectivity index (χ1n) is 22.4. The van der Waals surface area contributed by atoms with E-state index < -0.39 is 0 Å². The van der Waals surface area contributed by atoms with Gasteiger partial charge in [0, 0.05) is 26.4 Å². The van der Waals surface area contributed by atoms with Gasteiger partial charge in [-0.15, -0.1) is 0 Å². The smallest absolute Gasteiger partial charge is 0.0506 e. The van der Waals surface area contributed by atoms with E-state index in [1.807, 2.05) is 0 Å². The minimum atomic E-state index is -0.000708. The second-order valence-corrected chi connectivity index (χ2v) is 18.5. The SMILES string of the molecule is CCOCCc1c2cc3cc1Cc1cc(C(C)(C)C)cc(c1CCOCC)Cc1cc(cc(c1CCOCC)Cc1cc(C(C)(C)C)cc(c1CCOCC)C2)/C=C\3. The van der Waals surface area contributed by atoms with Crippen molar-refractivity contribution in [3.05, 3.63) is 138 Å². The quantitative estimate of drug-likeness (QED) is 0.0916. The minimum absolute atomic E-state index is 0.000708. The maximum absolute atomic E-state index is 6.14. The molecule has 6 rings (SSSR count). The Morgan fingerprint density at radius 1 is 0.362 bits per heavy atom. The van der Waals surface area contributed by atoms with E-state index >= 15 is 0 Å². The van der Waals surface area contributed by atoms with Gasteiger partial charge in [0.25, 0.3) is 0 Å². The molecule has 0 amide bonds. The van der Waals surface area contributed by atoms with Crippen molar-refractivity contribution in [3.63, 3.8) is 0 Å². The summed E-state index contributed by atoms with van der Waals surface area (Å²) >= 11 is 0. The molecule has 0 aliphatic heterocycles. The normalized spacial score (nSPS) is 14.3. The molecule has 0 saturated carbocycles. The van der Waals surface area contributed by atoms with E-state index in [4.69, 9.17) is 18.9 Å². The fourth-order valence-corrected chi connectivity index (χ4v) is 9.14. The number of hydrogen-bond acceptors (Lipinski definition) is 4. The number of ether oxygens (including phenoxy) is 4. The Balaban J connectivity index is 1.74. The van der Waals surface area contributed by atoms with Crippen molar-refractivity contribution >= 4 is 12.2 Å². The van der Waals surface area contributed by atoms with Crippen LogP contribution in [0.15, 0.2) is 48.5 Å². The molecule has 2 aliphatic carbocycles. The molecule has 58 heavy (non-hydrogen) atoms. The summed E-state index contributed by atoms with van der Waals surface area (Å²) in [6.45, 7) is 28.3. The number of benzene rings is 4. The van der Waals surface area contributed by atoms with Crippen LogP contribution < -0.4 is 0 Å². The van der Waals surface area contributed by atoms with Crippen molar-refractivity contribution in [2.24, 2.45) is 0 Å². The van der Waals surface area contributed by atoms with Gasteiger partial charge in [-0.25, -0.2) is 0 Å². The summed E-state index contributed by atoms with van der Waals surface area (Å²) in [4.78, 5) is 0. The van der Waals surface area contributed by atoms with Crippen LogP contribution in [0, 0.1) is 0 Å². The zero-order valence-corrected chi connectivity index (χ0v) is 37.7. The lowest BCUT2D eigenvalue weighted by atomic mass is 9.77. The Morgan fingerprint density at radius 2 is 0.586 bits per heavy atom. The fraction of sp³-hybridized carbons (Fsp3) is 0.519. The fourth-order valence-electron chi connectivity index (χ4n) is 9.14. The molecule has 0 aromatic heterocycles. The lowest BCUT2D eigenvalue weighted by Gasteiger charge is -2.28. The van der Waals surface area contributed by atoms with E-state index in [9.17, 15) is 0 Å². The summed E-state index contributed by atoms with van der Waals surface area (Å²) in [6, 6.07) is 20.1. The average Bonchev–Trinajstić information content (AvgIpc) is 3.16. The molecule has 4 aromatic carbocycles. The Labute approximate surface area is 351 Å². The zero-order chi connectivity index (χ0) is 41.5. The molecule has 10 bridgehead atoms. The molecule has 312 valence electrons. The molecule has 4 nitrogen and oxygen atoms in total. The first kappa shape index (κ1) is 44.0. The first-order valence-corrected chi connectivity index (χ1v) is 22.4. The third kappa shape index (κ3) is 10.8. The molecule has 2 aliphatic rings. The topological polar surface area (TPSA) is 36.9 Å². The van der Waals surface area contributed by atoms with Crippen molar-refractivity contribution in [1.29, 1.82) is 0 Å². The molecular weight excluding hydrogens is 713 g/mol. The predicted molar refractivity (Wildman–Crippen MR) is 244 cm³/mol. The molecule has 0 fully saturated rings. The minimum Gasteiger partial charge on any atom is -0.381 e. The molecule has 0 saturated heterocycles. The van der Waals surface area contributed by atoms with Gasteiger partial charge in [0.15, 0.2) is 0 Å². The van der Waals surface area contributed by atoms with E-state index in [-0.39, 0.29) is 10.8 Å². The van der Waals surface area contributed by atoms with Crippen LogP contribution in [0.2, 0.25) is 0 Å². The zero-order valence-electron chi connectivity index (χ0n) is 37.7. The molecule has 0 heterocycles. The highest BCUT2D eigenvalue weighted by atomic mass is 16.5. The van der Waals surface area contributed by atoms with Crippen LogP contribution in [0.25, 0.3) is 12.2 Å². The highest BCUT2D eigenvalue weighted by molar-refractivity contribution is 5.73. The van der Waals surface area contributed by atoms with Gasteiger partial charge in [-0.2, -0.15) is 0 Å². The Bertz CT molecular complexity index is 1810. The lowest BCUT2D eigenvalue weighted by Crippen LogP contribution is -2.18. The van der Waals surface area contributed by atoms with E-state index in [0.29, 0.717) is 26.4 Å². The van der Waals surface area contributed by atoms with Crippen LogP contribution in [-0.2, 0) is 81.1 Å². The molecule has 0 unspecified atom stereocenters. The Morgan fingerprint density at radius 3 is 0.793 bits per heavy atom. The predicted octanol–water partition coefficient (Wildman–Crippen LogP) is 11.8. The van der Waals surface area contributed by atoms with Crippen molar-refractivity contribution in [2.75, 3.05) is 52.9 Å². The van der Waals surface area contributed by atoms with Crippen LogP contribution in [0.4, 0.5) is 0 Å². The van der Waals surface area contributed by atoms with Crippen LogP contribution in [0.3, 0.4) is 0 Å². The van der Waals surface area contributed by atoms with Crippen molar-refractivity contribution in [1.82, 2.24) is 0 Å². The van der Waals surface area contributed by atoms with Gasteiger partial charge in [0.05, 0.1) is 26.4 Å². The highest BCUT2D eigenvalue weighted by Gasteiger charge is 2.26. The standard InChI is InChI=1S/C54H72O4/c1-11-55-21-17-49-39-25-37-15-16-38-27-41(31-45-35-47(53(5,6)7)33-43(29-39)51(45)19-23-57-13-3)50(18-22-56-12-2)42(28-38)32-46-36-48(54(8,9)10)34-44(30-40(49)26-37)52(46)20-24-58-14-4/h15-16,25-28,33-36H,11-14,17-24,29-32H2,1-10H3/b16-15-. The van der Waals surface area contributed by atoms with Crippen LogP contribution >= 0.6 is 0 Å². The molecule has 4 heteroatoms. The third-order valence-corrected chi connectivity index (χ3v) is 12.3. The number of hydrogen-bond donors (Lipinski definition) is 0. The largest absolute Gasteiger partial charge is 0.381 e. The van der Waals surface area contributed by atoms with E-state index in [1.165, 1.54) is 89.0 Å². The van der Waals surface area contributed by atoms with Crippen molar-refractivity contribution in [3.8, 4) is 0 Å². The summed E-state index contributed by atoms with van der Waals surface area (Å²) in [5, 5.41) is 0. The molecular formula is C54H72O4. The molecule has 0 atom stereocenters. The summed E-state index contributed by atoms with van der Waals surface area (Å²) in [5.74, 6) is 0. The van der Waals surface area contributed by atoms with Crippen LogP contribution in [-0.4, -0.2) is 52.9 Å². The maximum Gasteiger partial charge on any atom is 0.0506 e. The highest BCUT2D eigenvalue weighted by Crippen LogP contribution is 2.38. The monoisotopic (exact) mass is 785 g/mol. The number of rotatable bonds is 16. The van der Waals surface area contributed by atoms with E-state index in [2.05, 4.69) is 130 Å². The van der Waals surface area contributed by atoms with Gasteiger partial charge in [-0.1, -0.05) is 102 Å². The van der Waals surface area contributed by atoms with Crippen LogP contribution in [0.5, 0.6) is 0 Å². The molecule has 0 spiro atoms. The molecule has 0 radical (unpaired) electrons. The van der Waals surface area contributed by atoms with Gasteiger partial charge in [-0.05, 0) is 179 Å². The van der Waals surface area contributed by atoms with E-state index in [0.717, 1.165) is 77.8 Å².